The molecule has 0 radical (unpaired) electrons. The number of hydrogen-bond acceptors (Lipinski definition) is 5. The minimum Gasteiger partial charge on any atom is -0.504 e. The Morgan fingerprint density at radius 3 is 2.62 bits per heavy atom. The van der Waals surface area contributed by atoms with Gasteiger partial charge in [-0.05, 0) is 48.1 Å². The van der Waals surface area contributed by atoms with Gasteiger partial charge >= 0.3 is 0 Å². The molecule has 3 rings (SSSR count). The highest BCUT2D eigenvalue weighted by atomic mass is 32.1. The van der Waals surface area contributed by atoms with Crippen LogP contribution in [-0.4, -0.2) is 29.1 Å². The second-order valence-electron chi connectivity index (χ2n) is 5.34. The molecule has 132 valence electrons. The van der Waals surface area contributed by atoms with Crippen LogP contribution in [0.5, 0.6) is 11.5 Å². The first kappa shape index (κ1) is 17.6. The van der Waals surface area contributed by atoms with Crippen molar-refractivity contribution in [3.8, 4) is 11.5 Å². The van der Waals surface area contributed by atoms with Crippen LogP contribution in [0.4, 0.5) is 10.1 Å². The Kier molecular flexibility index (Phi) is 4.68. The number of para-hydroxylation sites is 1. The molecule has 0 saturated carbocycles. The van der Waals surface area contributed by atoms with Crippen LogP contribution in [0.1, 0.15) is 5.56 Å². The number of hydrogen-bond donors (Lipinski definition) is 2. The maximum absolute atomic E-state index is 14.1. The maximum atomic E-state index is 14.1. The number of halogens is 1. The SMILES string of the molecule is COc1ccc(/C=C2\C(=O)NC(=S)N(c3ccccc3F)C2=O)cc1O. The van der Waals surface area contributed by atoms with Gasteiger partial charge in [-0.3, -0.25) is 14.9 Å². The summed E-state index contributed by atoms with van der Waals surface area (Å²) in [4.78, 5) is 25.9. The van der Waals surface area contributed by atoms with E-state index in [1.807, 2.05) is 0 Å². The Balaban J connectivity index is 2.03. The van der Waals surface area contributed by atoms with Crippen LogP contribution in [0.25, 0.3) is 6.08 Å². The summed E-state index contributed by atoms with van der Waals surface area (Å²) in [6, 6.07) is 9.99. The second kappa shape index (κ2) is 6.93. The number of carbonyl (C=O) groups excluding carboxylic acids is 2. The van der Waals surface area contributed by atoms with E-state index in [4.69, 9.17) is 17.0 Å². The van der Waals surface area contributed by atoms with E-state index in [0.29, 0.717) is 5.56 Å². The average molecular weight is 372 g/mol. The molecule has 8 heteroatoms. The molecular weight excluding hydrogens is 359 g/mol. The summed E-state index contributed by atoms with van der Waals surface area (Å²) >= 11 is 5.02. The first-order valence-electron chi connectivity index (χ1n) is 7.45. The maximum Gasteiger partial charge on any atom is 0.270 e. The number of benzene rings is 2. The highest BCUT2D eigenvalue weighted by Gasteiger charge is 2.35. The minimum absolute atomic E-state index is 0.0639. The van der Waals surface area contributed by atoms with E-state index in [2.05, 4.69) is 5.32 Å². The number of amides is 2. The van der Waals surface area contributed by atoms with Crippen molar-refractivity contribution in [1.29, 1.82) is 0 Å². The molecule has 1 heterocycles. The summed E-state index contributed by atoms with van der Waals surface area (Å²) in [5.41, 5.74) is 0.0838. The number of phenols is 1. The molecule has 1 saturated heterocycles. The molecule has 1 aliphatic rings. The number of methoxy groups -OCH3 is 1. The fourth-order valence-corrected chi connectivity index (χ4v) is 2.75. The highest BCUT2D eigenvalue weighted by molar-refractivity contribution is 7.80. The van der Waals surface area contributed by atoms with Crippen molar-refractivity contribution in [2.24, 2.45) is 0 Å². The van der Waals surface area contributed by atoms with E-state index in [1.54, 1.807) is 12.1 Å². The molecule has 0 bridgehead atoms. The predicted octanol–water partition coefficient (Wildman–Crippen LogP) is 2.37. The molecule has 2 amide bonds. The van der Waals surface area contributed by atoms with Crippen LogP contribution in [0.15, 0.2) is 48.0 Å². The molecular formula is C18H13FN2O4S. The van der Waals surface area contributed by atoms with Gasteiger partial charge in [0, 0.05) is 0 Å². The van der Waals surface area contributed by atoms with Gasteiger partial charge in [-0.25, -0.2) is 9.29 Å². The Hall–Kier alpha value is -3.26. The number of phenolic OH excluding ortho intramolecular Hbond substituents is 1. The lowest BCUT2D eigenvalue weighted by Gasteiger charge is -2.29. The molecule has 6 nitrogen and oxygen atoms in total. The third kappa shape index (κ3) is 3.14. The van der Waals surface area contributed by atoms with Gasteiger partial charge in [0.2, 0.25) is 0 Å². The number of ether oxygens (including phenoxy) is 1. The molecule has 0 unspecified atom stereocenters. The summed E-state index contributed by atoms with van der Waals surface area (Å²) in [7, 11) is 1.40. The Bertz CT molecular complexity index is 958. The predicted molar refractivity (Wildman–Crippen MR) is 97.3 cm³/mol. The number of thiocarbonyl (C=S) groups is 1. The Labute approximate surface area is 153 Å². The average Bonchev–Trinajstić information content (AvgIpc) is 2.60. The number of carbonyl (C=O) groups is 2. The van der Waals surface area contributed by atoms with Gasteiger partial charge in [0.05, 0.1) is 12.8 Å². The van der Waals surface area contributed by atoms with Crippen LogP contribution < -0.4 is 15.0 Å². The highest BCUT2D eigenvalue weighted by Crippen LogP contribution is 2.29. The third-order valence-corrected chi connectivity index (χ3v) is 3.99. The summed E-state index contributed by atoms with van der Waals surface area (Å²) in [6.07, 6.45) is 1.28. The molecule has 2 N–H and O–H groups in total. The van der Waals surface area contributed by atoms with Gasteiger partial charge in [0.15, 0.2) is 16.6 Å². The summed E-state index contributed by atoms with van der Waals surface area (Å²) in [5, 5.41) is 12.0. The van der Waals surface area contributed by atoms with Crippen molar-refractivity contribution in [1.82, 2.24) is 5.32 Å². The normalized spacial score (nSPS) is 16.0. The minimum atomic E-state index is -0.765. The second-order valence-corrected chi connectivity index (χ2v) is 5.73. The number of anilines is 1. The topological polar surface area (TPSA) is 78.9 Å². The summed E-state index contributed by atoms with van der Waals surface area (Å²) in [5.74, 6) is -2.02. The molecule has 0 aromatic heterocycles. The van der Waals surface area contributed by atoms with Gasteiger partial charge in [-0.1, -0.05) is 18.2 Å². The first-order valence-corrected chi connectivity index (χ1v) is 7.86. The Morgan fingerprint density at radius 1 is 1.23 bits per heavy atom. The van der Waals surface area contributed by atoms with Gasteiger partial charge in [-0.2, -0.15) is 0 Å². The van der Waals surface area contributed by atoms with Crippen LogP contribution in [-0.2, 0) is 9.59 Å². The quantitative estimate of drug-likeness (QED) is 0.491. The molecule has 1 fully saturated rings. The van der Waals surface area contributed by atoms with Crippen LogP contribution in [0.2, 0.25) is 0 Å². The zero-order chi connectivity index (χ0) is 18.8. The van der Waals surface area contributed by atoms with Gasteiger partial charge in [-0.15, -0.1) is 0 Å². The van der Waals surface area contributed by atoms with Crippen molar-refractivity contribution in [3.63, 3.8) is 0 Å². The summed E-state index contributed by atoms with van der Waals surface area (Å²) in [6.45, 7) is 0. The van der Waals surface area contributed by atoms with Crippen LogP contribution in [0.3, 0.4) is 0 Å². The molecule has 26 heavy (non-hydrogen) atoms. The third-order valence-electron chi connectivity index (χ3n) is 3.71. The van der Waals surface area contributed by atoms with Crippen molar-refractivity contribution >= 4 is 40.9 Å². The fourth-order valence-electron chi connectivity index (χ4n) is 2.47. The molecule has 0 aliphatic carbocycles. The lowest BCUT2D eigenvalue weighted by Crippen LogP contribution is -2.54. The molecule has 1 aliphatic heterocycles. The van der Waals surface area contributed by atoms with Crippen molar-refractivity contribution in [3.05, 3.63) is 59.4 Å². The van der Waals surface area contributed by atoms with Gasteiger partial charge in [0.25, 0.3) is 11.8 Å². The standard InChI is InChI=1S/C18H13FN2O4S/c1-25-15-7-6-10(9-14(15)22)8-11-16(23)20-18(26)21(17(11)24)13-5-3-2-4-12(13)19/h2-9,22H,1H3,(H,20,23,26)/b11-8+. The van der Waals surface area contributed by atoms with Gasteiger partial charge in [0.1, 0.15) is 11.4 Å². The number of nitrogens with zero attached hydrogens (tertiary/aromatic N) is 1. The smallest absolute Gasteiger partial charge is 0.270 e. The van der Waals surface area contributed by atoms with E-state index >= 15 is 0 Å². The summed E-state index contributed by atoms with van der Waals surface area (Å²) < 4.78 is 19.0. The first-order chi connectivity index (χ1) is 12.4. The van der Waals surface area contributed by atoms with Crippen LogP contribution >= 0.6 is 12.2 Å². The number of aromatic hydroxyl groups is 1. The number of rotatable bonds is 3. The zero-order valence-electron chi connectivity index (χ0n) is 13.5. The monoisotopic (exact) mass is 372 g/mol. The molecule has 2 aromatic carbocycles. The van der Waals surface area contributed by atoms with Crippen molar-refractivity contribution < 1.29 is 23.8 Å². The van der Waals surface area contributed by atoms with Crippen molar-refractivity contribution in [2.45, 2.75) is 0 Å². The van der Waals surface area contributed by atoms with Gasteiger partial charge < -0.3 is 9.84 Å². The van der Waals surface area contributed by atoms with Crippen LogP contribution in [0, 0.1) is 5.82 Å². The van der Waals surface area contributed by atoms with E-state index in [1.165, 1.54) is 43.5 Å². The van der Waals surface area contributed by atoms with E-state index < -0.39 is 17.6 Å². The number of nitrogens with one attached hydrogen (secondary N) is 1. The lowest BCUT2D eigenvalue weighted by molar-refractivity contribution is -0.122. The van der Waals surface area contributed by atoms with Crippen molar-refractivity contribution in [2.75, 3.05) is 12.0 Å². The zero-order valence-corrected chi connectivity index (χ0v) is 14.3. The van der Waals surface area contributed by atoms with E-state index in [0.717, 1.165) is 4.90 Å². The molecule has 0 atom stereocenters. The lowest BCUT2D eigenvalue weighted by atomic mass is 10.1. The fraction of sp³-hybridized carbons (Fsp3) is 0.0556. The molecule has 0 spiro atoms. The largest absolute Gasteiger partial charge is 0.504 e. The Morgan fingerprint density at radius 2 is 1.96 bits per heavy atom. The molecule has 2 aromatic rings. The van der Waals surface area contributed by atoms with E-state index in [-0.39, 0.29) is 27.9 Å². The van der Waals surface area contributed by atoms with E-state index in [9.17, 15) is 19.1 Å².